The van der Waals surface area contributed by atoms with Crippen LogP contribution in [0.25, 0.3) is 0 Å². The molecule has 114 valence electrons. The zero-order valence-corrected chi connectivity index (χ0v) is 12.8. The van der Waals surface area contributed by atoms with Gasteiger partial charge in [-0.05, 0) is 32.3 Å². The second kappa shape index (κ2) is 6.39. The molecule has 0 atom stereocenters. The van der Waals surface area contributed by atoms with E-state index in [1.54, 1.807) is 0 Å². The zero-order valence-electron chi connectivity index (χ0n) is 11.2. The van der Waals surface area contributed by atoms with Gasteiger partial charge in [-0.15, -0.1) is 0 Å². The summed E-state index contributed by atoms with van der Waals surface area (Å²) >= 11 is 0. The number of sulfonamides is 2. The largest absolute Gasteiger partial charge is 0.397 e. The van der Waals surface area contributed by atoms with E-state index in [0.29, 0.717) is 11.4 Å². The molecule has 1 aromatic rings. The van der Waals surface area contributed by atoms with Gasteiger partial charge >= 0.3 is 0 Å². The van der Waals surface area contributed by atoms with Crippen LogP contribution in [-0.4, -0.2) is 43.2 Å². The Hall–Kier alpha value is -1.36. The van der Waals surface area contributed by atoms with Gasteiger partial charge in [0.2, 0.25) is 20.0 Å². The number of benzene rings is 1. The van der Waals surface area contributed by atoms with E-state index in [-0.39, 0.29) is 17.2 Å². The topological polar surface area (TPSA) is 130 Å². The summed E-state index contributed by atoms with van der Waals surface area (Å²) in [5.41, 5.74) is 6.42. The molecule has 0 fully saturated rings. The molecule has 5 N–H and O–H groups in total. The Labute approximate surface area is 118 Å². The van der Waals surface area contributed by atoms with E-state index < -0.39 is 20.0 Å². The van der Waals surface area contributed by atoms with E-state index in [1.165, 1.54) is 32.3 Å². The number of nitrogen functional groups attached to an aromatic ring is 1. The van der Waals surface area contributed by atoms with Crippen molar-refractivity contribution in [3.05, 3.63) is 18.2 Å². The van der Waals surface area contributed by atoms with Crippen molar-refractivity contribution in [1.82, 2.24) is 9.44 Å². The van der Waals surface area contributed by atoms with Crippen LogP contribution in [0.1, 0.15) is 0 Å². The quantitative estimate of drug-likeness (QED) is 0.483. The summed E-state index contributed by atoms with van der Waals surface area (Å²) in [6.45, 7) is 0.108. The molecular weight excluding hydrogens is 304 g/mol. The molecule has 0 aromatic heterocycles. The zero-order chi connectivity index (χ0) is 15.4. The Bertz CT molecular complexity index is 670. The maximum Gasteiger partial charge on any atom is 0.240 e. The van der Waals surface area contributed by atoms with Crippen molar-refractivity contribution in [2.75, 3.05) is 37.4 Å². The fourth-order valence-electron chi connectivity index (χ4n) is 1.40. The van der Waals surface area contributed by atoms with Crippen molar-refractivity contribution in [2.24, 2.45) is 0 Å². The summed E-state index contributed by atoms with van der Waals surface area (Å²) in [7, 11) is -4.27. The predicted octanol–water partition coefficient (Wildman–Crippen LogP) is -0.862. The van der Waals surface area contributed by atoms with Gasteiger partial charge in [0.1, 0.15) is 0 Å². The minimum Gasteiger partial charge on any atom is -0.397 e. The van der Waals surface area contributed by atoms with Crippen LogP contribution < -0.4 is 20.5 Å². The Balaban J connectivity index is 2.89. The van der Waals surface area contributed by atoms with Crippen molar-refractivity contribution in [1.29, 1.82) is 0 Å². The highest BCUT2D eigenvalue weighted by Gasteiger charge is 2.13. The Morgan fingerprint density at radius 2 is 1.75 bits per heavy atom. The van der Waals surface area contributed by atoms with E-state index in [1.807, 2.05) is 0 Å². The van der Waals surface area contributed by atoms with Crippen LogP contribution in [0.2, 0.25) is 0 Å². The molecule has 0 aliphatic rings. The van der Waals surface area contributed by atoms with Gasteiger partial charge in [-0.3, -0.25) is 0 Å². The SMILES string of the molecule is CNS(=O)(=O)CCNc1cc(S(=O)(=O)NC)ccc1N. The molecule has 20 heavy (non-hydrogen) atoms. The van der Waals surface area contributed by atoms with Crippen molar-refractivity contribution >= 4 is 31.4 Å². The number of rotatable bonds is 7. The minimum absolute atomic E-state index is 0.0492. The predicted molar refractivity (Wildman–Crippen MR) is 78.4 cm³/mol. The molecule has 1 rings (SSSR count). The average Bonchev–Trinajstić information content (AvgIpc) is 2.40. The summed E-state index contributed by atoms with van der Waals surface area (Å²) in [5, 5.41) is 2.80. The molecule has 0 bridgehead atoms. The second-order valence-electron chi connectivity index (χ2n) is 3.91. The molecule has 0 heterocycles. The molecule has 0 amide bonds. The summed E-state index contributed by atoms with van der Waals surface area (Å²) in [4.78, 5) is 0.0492. The van der Waals surface area contributed by atoms with Crippen LogP contribution >= 0.6 is 0 Å². The van der Waals surface area contributed by atoms with Crippen LogP contribution in [0.15, 0.2) is 23.1 Å². The molecule has 0 aliphatic carbocycles. The molecule has 0 aliphatic heterocycles. The fourth-order valence-corrected chi connectivity index (χ4v) is 2.73. The van der Waals surface area contributed by atoms with Crippen molar-refractivity contribution in [3.8, 4) is 0 Å². The smallest absolute Gasteiger partial charge is 0.240 e. The van der Waals surface area contributed by atoms with Crippen molar-refractivity contribution < 1.29 is 16.8 Å². The molecule has 1 aromatic carbocycles. The lowest BCUT2D eigenvalue weighted by Gasteiger charge is -2.11. The van der Waals surface area contributed by atoms with Gasteiger partial charge in [-0.2, -0.15) is 0 Å². The number of nitrogens with two attached hydrogens (primary N) is 1. The first-order chi connectivity index (χ1) is 9.22. The summed E-state index contributed by atoms with van der Waals surface area (Å²) < 4.78 is 50.2. The van der Waals surface area contributed by atoms with Crippen molar-refractivity contribution in [2.45, 2.75) is 4.90 Å². The van der Waals surface area contributed by atoms with Gasteiger partial charge in [0.25, 0.3) is 0 Å². The number of anilines is 2. The fraction of sp³-hybridized carbons (Fsp3) is 0.400. The average molecular weight is 322 g/mol. The number of hydrogen-bond donors (Lipinski definition) is 4. The first-order valence-electron chi connectivity index (χ1n) is 5.70. The lowest BCUT2D eigenvalue weighted by atomic mass is 10.2. The summed E-state index contributed by atoms with van der Waals surface area (Å²) in [5.74, 6) is -0.147. The molecule has 10 heteroatoms. The molecule has 8 nitrogen and oxygen atoms in total. The molecular formula is C10H18N4O4S2. The highest BCUT2D eigenvalue weighted by molar-refractivity contribution is 7.89. The Kier molecular flexibility index (Phi) is 5.34. The van der Waals surface area contributed by atoms with Crippen LogP contribution in [-0.2, 0) is 20.0 Å². The molecule has 0 saturated carbocycles. The molecule has 0 radical (unpaired) electrons. The molecule has 0 saturated heterocycles. The number of nitrogens with one attached hydrogen (secondary N) is 3. The third kappa shape index (κ3) is 4.34. The highest BCUT2D eigenvalue weighted by Crippen LogP contribution is 2.22. The normalized spacial score (nSPS) is 12.3. The van der Waals surface area contributed by atoms with Gasteiger partial charge in [0.05, 0.1) is 22.0 Å². The summed E-state index contributed by atoms with van der Waals surface area (Å²) in [6, 6.07) is 4.17. The first kappa shape index (κ1) is 16.7. The van der Waals surface area contributed by atoms with Gasteiger partial charge in [-0.25, -0.2) is 26.3 Å². The minimum atomic E-state index is -3.57. The van der Waals surface area contributed by atoms with Crippen LogP contribution in [0.5, 0.6) is 0 Å². The van der Waals surface area contributed by atoms with Gasteiger partial charge < -0.3 is 11.1 Å². The maximum atomic E-state index is 11.7. The van der Waals surface area contributed by atoms with Crippen LogP contribution in [0.4, 0.5) is 11.4 Å². The lowest BCUT2D eigenvalue weighted by molar-refractivity contribution is 0.586. The van der Waals surface area contributed by atoms with E-state index in [4.69, 9.17) is 5.73 Å². The van der Waals surface area contributed by atoms with Crippen molar-refractivity contribution in [3.63, 3.8) is 0 Å². The summed E-state index contributed by atoms with van der Waals surface area (Å²) in [6.07, 6.45) is 0. The number of hydrogen-bond acceptors (Lipinski definition) is 6. The van der Waals surface area contributed by atoms with Gasteiger partial charge in [-0.1, -0.05) is 0 Å². The second-order valence-corrected chi connectivity index (χ2v) is 7.84. The first-order valence-corrected chi connectivity index (χ1v) is 8.83. The maximum absolute atomic E-state index is 11.7. The third-order valence-corrected chi connectivity index (χ3v) is 5.38. The van der Waals surface area contributed by atoms with E-state index in [2.05, 4.69) is 14.8 Å². The van der Waals surface area contributed by atoms with Crippen LogP contribution in [0.3, 0.4) is 0 Å². The van der Waals surface area contributed by atoms with E-state index in [9.17, 15) is 16.8 Å². The monoisotopic (exact) mass is 322 g/mol. The van der Waals surface area contributed by atoms with E-state index >= 15 is 0 Å². The Morgan fingerprint density at radius 1 is 1.10 bits per heavy atom. The lowest BCUT2D eigenvalue weighted by Crippen LogP contribution is -2.26. The Morgan fingerprint density at radius 3 is 2.30 bits per heavy atom. The molecule has 0 unspecified atom stereocenters. The standard InChI is InChI=1S/C10H18N4O4S2/c1-12-19(15,16)6-5-14-10-7-8(3-4-9(10)11)20(17,18)13-2/h3-4,7,12-14H,5-6,11H2,1-2H3. The van der Waals surface area contributed by atoms with E-state index in [0.717, 1.165) is 0 Å². The van der Waals surface area contributed by atoms with Gasteiger partial charge in [0.15, 0.2) is 0 Å². The molecule has 0 spiro atoms. The van der Waals surface area contributed by atoms with Gasteiger partial charge in [0, 0.05) is 6.54 Å². The third-order valence-electron chi connectivity index (χ3n) is 2.60. The van der Waals surface area contributed by atoms with Crippen LogP contribution in [0, 0.1) is 0 Å². The highest BCUT2D eigenvalue weighted by atomic mass is 32.2.